The van der Waals surface area contributed by atoms with E-state index in [9.17, 15) is 9.59 Å². The minimum Gasteiger partial charge on any atom is -0.475 e. The normalized spacial score (nSPS) is 10.5. The van der Waals surface area contributed by atoms with Gasteiger partial charge in [0.05, 0.1) is 0 Å². The molecule has 126 valence electrons. The first-order chi connectivity index (χ1) is 11.3. The molecule has 0 aliphatic heterocycles. The lowest BCUT2D eigenvalue weighted by molar-refractivity contribution is -0.122. The molecule has 0 radical (unpaired) electrons. The lowest BCUT2D eigenvalue weighted by Gasteiger charge is -2.12. The second kappa shape index (κ2) is 7.27. The smallest absolute Gasteiger partial charge is 0.371 e. The van der Waals surface area contributed by atoms with Crippen LogP contribution in [0.15, 0.2) is 34.7 Å². The molecule has 0 saturated heterocycles. The van der Waals surface area contributed by atoms with E-state index >= 15 is 0 Å². The standard InChI is InChI=1S/C17H18N2O4S/c1-9(2)15(20)19-17(24)18-11-4-5-12(10(3)8-11)13-6-7-14(23-13)16(21)22/h4-9H,1-3H3,(H,21,22)(H2,18,19,20,24). The van der Waals surface area contributed by atoms with Crippen molar-refractivity contribution in [2.75, 3.05) is 5.32 Å². The van der Waals surface area contributed by atoms with Gasteiger partial charge in [-0.15, -0.1) is 0 Å². The number of carbonyl (C=O) groups is 2. The van der Waals surface area contributed by atoms with Gasteiger partial charge in [-0.2, -0.15) is 0 Å². The van der Waals surface area contributed by atoms with Crippen LogP contribution in [0, 0.1) is 12.8 Å². The van der Waals surface area contributed by atoms with E-state index in [2.05, 4.69) is 10.6 Å². The van der Waals surface area contributed by atoms with Gasteiger partial charge >= 0.3 is 5.97 Å². The van der Waals surface area contributed by atoms with Gasteiger partial charge in [0.15, 0.2) is 5.11 Å². The minimum atomic E-state index is -1.11. The molecule has 0 aliphatic carbocycles. The van der Waals surface area contributed by atoms with Crippen LogP contribution in [-0.4, -0.2) is 22.1 Å². The van der Waals surface area contributed by atoms with E-state index in [0.29, 0.717) is 5.76 Å². The Bertz CT molecular complexity index is 796. The Labute approximate surface area is 144 Å². The molecule has 1 aromatic carbocycles. The zero-order valence-electron chi connectivity index (χ0n) is 13.5. The summed E-state index contributed by atoms with van der Waals surface area (Å²) in [7, 11) is 0. The highest BCUT2D eigenvalue weighted by Crippen LogP contribution is 2.27. The number of carboxylic acids is 1. The predicted octanol–water partition coefficient (Wildman–Crippen LogP) is 3.42. The van der Waals surface area contributed by atoms with Gasteiger partial charge in [0.2, 0.25) is 11.7 Å². The Morgan fingerprint density at radius 1 is 1.21 bits per heavy atom. The Morgan fingerprint density at radius 2 is 1.92 bits per heavy atom. The van der Waals surface area contributed by atoms with Crippen molar-refractivity contribution in [2.24, 2.45) is 5.92 Å². The van der Waals surface area contributed by atoms with E-state index in [4.69, 9.17) is 21.7 Å². The van der Waals surface area contributed by atoms with Crippen molar-refractivity contribution in [2.45, 2.75) is 20.8 Å². The molecule has 1 aromatic heterocycles. The number of carbonyl (C=O) groups excluding carboxylic acids is 1. The first-order valence-electron chi connectivity index (χ1n) is 7.34. The first kappa shape index (κ1) is 17.7. The number of amides is 1. The maximum absolute atomic E-state index is 11.6. The van der Waals surface area contributed by atoms with E-state index in [1.54, 1.807) is 32.0 Å². The average molecular weight is 346 g/mol. The fraction of sp³-hybridized carbons (Fsp3) is 0.235. The average Bonchev–Trinajstić information content (AvgIpc) is 2.96. The van der Waals surface area contributed by atoms with Gasteiger partial charge in [0.1, 0.15) is 5.76 Å². The summed E-state index contributed by atoms with van der Waals surface area (Å²) in [4.78, 5) is 22.5. The van der Waals surface area contributed by atoms with Crippen LogP contribution in [-0.2, 0) is 4.79 Å². The molecule has 0 bridgehead atoms. The molecule has 0 unspecified atom stereocenters. The number of nitrogens with one attached hydrogen (secondary N) is 2. The number of benzene rings is 1. The maximum Gasteiger partial charge on any atom is 0.371 e. The summed E-state index contributed by atoms with van der Waals surface area (Å²) in [5.74, 6) is -1.05. The van der Waals surface area contributed by atoms with Crippen LogP contribution in [0.4, 0.5) is 5.69 Å². The third kappa shape index (κ3) is 4.20. The van der Waals surface area contributed by atoms with Crippen molar-refractivity contribution in [3.8, 4) is 11.3 Å². The van der Waals surface area contributed by atoms with Crippen LogP contribution in [0.2, 0.25) is 0 Å². The molecule has 0 fully saturated rings. The monoisotopic (exact) mass is 346 g/mol. The summed E-state index contributed by atoms with van der Waals surface area (Å²) in [5, 5.41) is 14.7. The Balaban J connectivity index is 2.13. The highest BCUT2D eigenvalue weighted by Gasteiger charge is 2.13. The summed E-state index contributed by atoms with van der Waals surface area (Å²) < 4.78 is 5.31. The topological polar surface area (TPSA) is 91.6 Å². The molecule has 3 N–H and O–H groups in total. The van der Waals surface area contributed by atoms with Gasteiger partial charge < -0.3 is 20.2 Å². The van der Waals surface area contributed by atoms with Crippen molar-refractivity contribution in [1.82, 2.24) is 5.32 Å². The van der Waals surface area contributed by atoms with Gasteiger partial charge in [-0.1, -0.05) is 13.8 Å². The number of anilines is 1. The van der Waals surface area contributed by atoms with Crippen molar-refractivity contribution < 1.29 is 19.1 Å². The van der Waals surface area contributed by atoms with Crippen molar-refractivity contribution in [3.63, 3.8) is 0 Å². The van der Waals surface area contributed by atoms with Crippen LogP contribution in [0.25, 0.3) is 11.3 Å². The number of aryl methyl sites for hydroxylation is 1. The molecule has 0 saturated carbocycles. The van der Waals surface area contributed by atoms with Crippen LogP contribution >= 0.6 is 12.2 Å². The highest BCUT2D eigenvalue weighted by atomic mass is 32.1. The van der Waals surface area contributed by atoms with E-state index in [1.165, 1.54) is 6.07 Å². The van der Waals surface area contributed by atoms with E-state index < -0.39 is 5.97 Å². The van der Waals surface area contributed by atoms with Crippen LogP contribution in [0.1, 0.15) is 30.0 Å². The number of hydrogen-bond donors (Lipinski definition) is 3. The van der Waals surface area contributed by atoms with Gasteiger partial charge in [0.25, 0.3) is 0 Å². The molecule has 1 amide bonds. The van der Waals surface area contributed by atoms with Crippen LogP contribution in [0.5, 0.6) is 0 Å². The lowest BCUT2D eigenvalue weighted by Crippen LogP contribution is -2.36. The number of hydrogen-bond acceptors (Lipinski definition) is 4. The predicted molar refractivity (Wildman–Crippen MR) is 95.0 cm³/mol. The fourth-order valence-corrected chi connectivity index (χ4v) is 2.25. The summed E-state index contributed by atoms with van der Waals surface area (Å²) in [6, 6.07) is 8.45. The molecule has 2 aromatic rings. The molecular formula is C17H18N2O4S. The molecule has 0 aliphatic rings. The highest BCUT2D eigenvalue weighted by molar-refractivity contribution is 7.80. The lowest BCUT2D eigenvalue weighted by atomic mass is 10.1. The van der Waals surface area contributed by atoms with Crippen molar-refractivity contribution in [3.05, 3.63) is 41.7 Å². The quantitative estimate of drug-likeness (QED) is 0.735. The van der Waals surface area contributed by atoms with E-state index in [0.717, 1.165) is 16.8 Å². The third-order valence-electron chi connectivity index (χ3n) is 3.33. The second-order valence-electron chi connectivity index (χ2n) is 5.60. The van der Waals surface area contributed by atoms with Crippen LogP contribution in [0.3, 0.4) is 0 Å². The summed E-state index contributed by atoms with van der Waals surface area (Å²) in [6.07, 6.45) is 0. The molecule has 1 heterocycles. The number of rotatable bonds is 4. The number of aromatic carboxylic acids is 1. The molecule has 24 heavy (non-hydrogen) atoms. The Hall–Kier alpha value is -2.67. The molecule has 6 nitrogen and oxygen atoms in total. The molecular weight excluding hydrogens is 328 g/mol. The van der Waals surface area contributed by atoms with Crippen LogP contribution < -0.4 is 10.6 Å². The summed E-state index contributed by atoms with van der Waals surface area (Å²) in [5.41, 5.74) is 2.38. The summed E-state index contributed by atoms with van der Waals surface area (Å²) >= 11 is 5.11. The van der Waals surface area contributed by atoms with Gasteiger partial charge in [0, 0.05) is 17.2 Å². The summed E-state index contributed by atoms with van der Waals surface area (Å²) in [6.45, 7) is 5.44. The van der Waals surface area contributed by atoms with Crippen molar-refractivity contribution >= 4 is 34.9 Å². The van der Waals surface area contributed by atoms with Gasteiger partial charge in [-0.05, 0) is 55.0 Å². The first-order valence-corrected chi connectivity index (χ1v) is 7.74. The molecule has 7 heteroatoms. The molecule has 2 rings (SSSR count). The third-order valence-corrected chi connectivity index (χ3v) is 3.53. The molecule has 0 spiro atoms. The van der Waals surface area contributed by atoms with E-state index in [1.807, 2.05) is 13.0 Å². The largest absolute Gasteiger partial charge is 0.475 e. The van der Waals surface area contributed by atoms with Gasteiger partial charge in [-0.3, -0.25) is 4.79 Å². The number of furan rings is 1. The zero-order chi connectivity index (χ0) is 17.9. The Kier molecular flexibility index (Phi) is 5.35. The number of thiocarbonyl (C=S) groups is 1. The van der Waals surface area contributed by atoms with Gasteiger partial charge in [-0.25, -0.2) is 4.79 Å². The van der Waals surface area contributed by atoms with E-state index in [-0.39, 0.29) is 22.7 Å². The fourth-order valence-electron chi connectivity index (χ4n) is 2.03. The zero-order valence-corrected chi connectivity index (χ0v) is 14.4. The SMILES string of the molecule is Cc1cc(NC(=S)NC(=O)C(C)C)ccc1-c1ccc(C(=O)O)o1. The molecule has 0 atom stereocenters. The maximum atomic E-state index is 11.6. The van der Waals surface area contributed by atoms with Crippen molar-refractivity contribution in [1.29, 1.82) is 0 Å². The Morgan fingerprint density at radius 3 is 2.46 bits per heavy atom. The minimum absolute atomic E-state index is 0.107. The number of carboxylic acid groups (broad SMARTS) is 1. The second-order valence-corrected chi connectivity index (χ2v) is 6.01.